The topological polar surface area (TPSA) is 21.3 Å². The van der Waals surface area contributed by atoms with Crippen LogP contribution in [0.2, 0.25) is 0 Å². The molecule has 1 N–H and O–H groups in total. The summed E-state index contributed by atoms with van der Waals surface area (Å²) in [4.78, 5) is 0. The second-order valence-corrected chi connectivity index (χ2v) is 3.47. The van der Waals surface area contributed by atoms with Crippen LogP contribution in [0.1, 0.15) is 27.7 Å². The van der Waals surface area contributed by atoms with Gasteiger partial charge < -0.3 is 10.1 Å². The summed E-state index contributed by atoms with van der Waals surface area (Å²) in [6, 6.07) is 0. The summed E-state index contributed by atoms with van der Waals surface area (Å²) in [5.41, 5.74) is 0. The third-order valence-electron chi connectivity index (χ3n) is 2.14. The highest BCUT2D eigenvalue weighted by molar-refractivity contribution is 4.64. The Hall–Kier alpha value is -0.0800. The Morgan fingerprint density at radius 1 is 1.25 bits per heavy atom. The number of hydrogen-bond acceptors (Lipinski definition) is 2. The van der Waals surface area contributed by atoms with Crippen LogP contribution in [-0.4, -0.2) is 26.3 Å². The van der Waals surface area contributed by atoms with Gasteiger partial charge in [0.05, 0.1) is 6.61 Å². The summed E-state index contributed by atoms with van der Waals surface area (Å²) in [5.74, 6) is 1.36. The van der Waals surface area contributed by atoms with Crippen molar-refractivity contribution in [3.05, 3.63) is 0 Å². The van der Waals surface area contributed by atoms with E-state index in [1.807, 2.05) is 6.92 Å². The first kappa shape index (κ1) is 11.9. The third-order valence-corrected chi connectivity index (χ3v) is 2.14. The fraction of sp³-hybridized carbons (Fsp3) is 1.00. The molecule has 0 amide bonds. The van der Waals surface area contributed by atoms with Crippen LogP contribution in [0.5, 0.6) is 0 Å². The van der Waals surface area contributed by atoms with Gasteiger partial charge in [-0.3, -0.25) is 0 Å². The molecule has 0 rings (SSSR count). The van der Waals surface area contributed by atoms with Crippen molar-refractivity contribution in [3.8, 4) is 0 Å². The van der Waals surface area contributed by atoms with Gasteiger partial charge in [-0.2, -0.15) is 0 Å². The van der Waals surface area contributed by atoms with Gasteiger partial charge in [-0.1, -0.05) is 20.8 Å². The summed E-state index contributed by atoms with van der Waals surface area (Å²) in [6.07, 6.45) is 0. The van der Waals surface area contributed by atoms with Gasteiger partial charge in [0, 0.05) is 13.2 Å². The highest BCUT2D eigenvalue weighted by atomic mass is 16.5. The van der Waals surface area contributed by atoms with Gasteiger partial charge in [0.25, 0.3) is 0 Å². The number of rotatable bonds is 7. The molecule has 0 aliphatic rings. The fourth-order valence-electron chi connectivity index (χ4n) is 1.09. The summed E-state index contributed by atoms with van der Waals surface area (Å²) < 4.78 is 5.41. The normalized spacial score (nSPS) is 13.8. The monoisotopic (exact) mass is 173 g/mol. The van der Waals surface area contributed by atoms with Crippen LogP contribution in [0.15, 0.2) is 0 Å². The first-order valence-corrected chi connectivity index (χ1v) is 5.00. The molecule has 0 aromatic rings. The molecule has 1 atom stereocenters. The van der Waals surface area contributed by atoms with Crippen LogP contribution in [0.3, 0.4) is 0 Å². The molecule has 74 valence electrons. The van der Waals surface area contributed by atoms with E-state index >= 15 is 0 Å². The minimum atomic E-state index is 0.657. The lowest BCUT2D eigenvalue weighted by Crippen LogP contribution is -2.29. The zero-order valence-corrected chi connectivity index (χ0v) is 8.89. The SMILES string of the molecule is CCNCC(COCC)C(C)C. The Morgan fingerprint density at radius 2 is 1.92 bits per heavy atom. The van der Waals surface area contributed by atoms with E-state index in [9.17, 15) is 0 Å². The van der Waals surface area contributed by atoms with E-state index < -0.39 is 0 Å². The summed E-state index contributed by atoms with van der Waals surface area (Å²) in [6.45, 7) is 12.5. The van der Waals surface area contributed by atoms with Crippen LogP contribution >= 0.6 is 0 Å². The van der Waals surface area contributed by atoms with Crippen LogP contribution in [0.25, 0.3) is 0 Å². The molecule has 0 heterocycles. The van der Waals surface area contributed by atoms with E-state index in [4.69, 9.17) is 4.74 Å². The first-order valence-electron chi connectivity index (χ1n) is 5.00. The largest absolute Gasteiger partial charge is 0.381 e. The molecule has 0 aliphatic heterocycles. The highest BCUT2D eigenvalue weighted by Gasteiger charge is 2.11. The highest BCUT2D eigenvalue weighted by Crippen LogP contribution is 2.09. The molecule has 2 heteroatoms. The van der Waals surface area contributed by atoms with Crippen molar-refractivity contribution in [1.29, 1.82) is 0 Å². The minimum Gasteiger partial charge on any atom is -0.381 e. The van der Waals surface area contributed by atoms with Crippen molar-refractivity contribution in [3.63, 3.8) is 0 Å². The Bertz CT molecular complexity index is 85.8. The Kier molecular flexibility index (Phi) is 7.51. The van der Waals surface area contributed by atoms with Crippen molar-refractivity contribution >= 4 is 0 Å². The van der Waals surface area contributed by atoms with E-state index in [2.05, 4.69) is 26.1 Å². The lowest BCUT2D eigenvalue weighted by molar-refractivity contribution is 0.0923. The molecule has 2 nitrogen and oxygen atoms in total. The van der Waals surface area contributed by atoms with Crippen LogP contribution in [-0.2, 0) is 4.74 Å². The lowest BCUT2D eigenvalue weighted by atomic mass is 9.97. The smallest absolute Gasteiger partial charge is 0.0508 e. The molecule has 0 aromatic heterocycles. The van der Waals surface area contributed by atoms with Gasteiger partial charge in [-0.15, -0.1) is 0 Å². The average Bonchev–Trinajstić information content (AvgIpc) is 2.04. The summed E-state index contributed by atoms with van der Waals surface area (Å²) in [7, 11) is 0. The zero-order valence-electron chi connectivity index (χ0n) is 8.89. The first-order chi connectivity index (χ1) is 5.72. The van der Waals surface area contributed by atoms with E-state index in [0.717, 1.165) is 26.3 Å². The quantitative estimate of drug-likeness (QED) is 0.635. The molecular formula is C10H23NO. The van der Waals surface area contributed by atoms with Gasteiger partial charge in [-0.25, -0.2) is 0 Å². The predicted molar refractivity (Wildman–Crippen MR) is 53.4 cm³/mol. The molecule has 0 aromatic carbocycles. The van der Waals surface area contributed by atoms with E-state index in [-0.39, 0.29) is 0 Å². The zero-order chi connectivity index (χ0) is 9.40. The maximum atomic E-state index is 5.41. The summed E-state index contributed by atoms with van der Waals surface area (Å²) in [5, 5.41) is 3.36. The second kappa shape index (κ2) is 7.56. The van der Waals surface area contributed by atoms with Gasteiger partial charge in [-0.05, 0) is 25.3 Å². The van der Waals surface area contributed by atoms with Crippen molar-refractivity contribution < 1.29 is 4.74 Å². The van der Waals surface area contributed by atoms with Gasteiger partial charge in [0.2, 0.25) is 0 Å². The van der Waals surface area contributed by atoms with Crippen molar-refractivity contribution in [2.75, 3.05) is 26.3 Å². The van der Waals surface area contributed by atoms with Gasteiger partial charge in [0.1, 0.15) is 0 Å². The maximum Gasteiger partial charge on any atom is 0.0508 e. The summed E-state index contributed by atoms with van der Waals surface area (Å²) >= 11 is 0. The molecular weight excluding hydrogens is 150 g/mol. The van der Waals surface area contributed by atoms with E-state index in [1.165, 1.54) is 0 Å². The Labute approximate surface area is 76.7 Å². The van der Waals surface area contributed by atoms with Crippen molar-refractivity contribution in [1.82, 2.24) is 5.32 Å². The number of ether oxygens (including phenoxy) is 1. The third kappa shape index (κ3) is 5.56. The Balaban J connectivity index is 3.55. The van der Waals surface area contributed by atoms with E-state index in [1.54, 1.807) is 0 Å². The molecule has 0 radical (unpaired) electrons. The molecule has 0 fully saturated rings. The maximum absolute atomic E-state index is 5.41. The fourth-order valence-corrected chi connectivity index (χ4v) is 1.09. The van der Waals surface area contributed by atoms with Gasteiger partial charge >= 0.3 is 0 Å². The molecule has 0 bridgehead atoms. The van der Waals surface area contributed by atoms with E-state index in [0.29, 0.717) is 11.8 Å². The number of nitrogens with one attached hydrogen (secondary N) is 1. The molecule has 0 aliphatic carbocycles. The van der Waals surface area contributed by atoms with Crippen molar-refractivity contribution in [2.24, 2.45) is 11.8 Å². The molecule has 12 heavy (non-hydrogen) atoms. The predicted octanol–water partition coefficient (Wildman–Crippen LogP) is 1.90. The van der Waals surface area contributed by atoms with Crippen LogP contribution < -0.4 is 5.32 Å². The van der Waals surface area contributed by atoms with Crippen LogP contribution in [0.4, 0.5) is 0 Å². The molecule has 0 spiro atoms. The second-order valence-electron chi connectivity index (χ2n) is 3.47. The molecule has 1 unspecified atom stereocenters. The Morgan fingerprint density at radius 3 is 2.33 bits per heavy atom. The van der Waals surface area contributed by atoms with Gasteiger partial charge in [0.15, 0.2) is 0 Å². The average molecular weight is 173 g/mol. The molecule has 0 saturated carbocycles. The molecule has 0 saturated heterocycles. The standard InChI is InChI=1S/C10H23NO/c1-5-11-7-10(9(3)4)8-12-6-2/h9-11H,5-8H2,1-4H3. The van der Waals surface area contributed by atoms with Crippen molar-refractivity contribution in [2.45, 2.75) is 27.7 Å². The van der Waals surface area contributed by atoms with Crippen LogP contribution in [0, 0.1) is 11.8 Å². The lowest BCUT2D eigenvalue weighted by Gasteiger charge is -2.20. The number of hydrogen-bond donors (Lipinski definition) is 1. The minimum absolute atomic E-state index is 0.657.